The molecule has 1 heterocycles. The quantitative estimate of drug-likeness (QED) is 0.820. The lowest BCUT2D eigenvalue weighted by molar-refractivity contribution is -0.137. The summed E-state index contributed by atoms with van der Waals surface area (Å²) in [6.07, 6.45) is 1.64. The summed E-state index contributed by atoms with van der Waals surface area (Å²) in [6.45, 7) is 0. The number of aliphatic carboxylic acids is 1. The summed E-state index contributed by atoms with van der Waals surface area (Å²) in [6, 6.07) is 10.1. The Kier molecular flexibility index (Phi) is 4.30. The van der Waals surface area contributed by atoms with E-state index in [1.54, 1.807) is 0 Å². The molecule has 2 aromatic rings. The Hall–Kier alpha value is -2.14. The van der Waals surface area contributed by atoms with Gasteiger partial charge in [-0.2, -0.15) is 0 Å². The third kappa shape index (κ3) is 3.93. The Morgan fingerprint density at radius 2 is 2.05 bits per heavy atom. The number of anilines is 1. The summed E-state index contributed by atoms with van der Waals surface area (Å²) >= 11 is 5.73. The molecule has 0 fully saturated rings. The van der Waals surface area contributed by atoms with Crippen LogP contribution in [0.1, 0.15) is 5.56 Å². The molecule has 0 aliphatic heterocycles. The molecule has 6 heteroatoms. The number of aromatic nitrogens is 2. The third-order valence-electron chi connectivity index (χ3n) is 2.54. The number of carbonyl (C=O) groups is 1. The maximum atomic E-state index is 11.3. The largest absolute Gasteiger partial charge is 0.480 e. The average molecular weight is 278 g/mol. The van der Waals surface area contributed by atoms with Crippen molar-refractivity contribution < 1.29 is 9.90 Å². The summed E-state index contributed by atoms with van der Waals surface area (Å²) in [7, 11) is 0. The topological polar surface area (TPSA) is 75.1 Å². The highest BCUT2D eigenvalue weighted by Gasteiger charge is 2.18. The van der Waals surface area contributed by atoms with E-state index in [-0.39, 0.29) is 5.15 Å². The standard InChI is InChI=1S/C13H12ClN3O2/c14-11-7-12(16-8-15-11)17-10(13(18)19)6-9-4-2-1-3-5-9/h1-5,7-8,10H,6H2,(H,18,19)(H,15,16,17)/t10-/m1/s1. The van der Waals surface area contributed by atoms with Gasteiger partial charge < -0.3 is 10.4 Å². The molecular formula is C13H12ClN3O2. The lowest BCUT2D eigenvalue weighted by atomic mass is 10.1. The van der Waals surface area contributed by atoms with Crippen LogP contribution in [0.2, 0.25) is 5.15 Å². The van der Waals surface area contributed by atoms with Gasteiger partial charge >= 0.3 is 5.97 Å². The molecule has 19 heavy (non-hydrogen) atoms. The van der Waals surface area contributed by atoms with Crippen LogP contribution in [-0.2, 0) is 11.2 Å². The zero-order valence-corrected chi connectivity index (χ0v) is 10.7. The fraction of sp³-hybridized carbons (Fsp3) is 0.154. The molecule has 0 bridgehead atoms. The van der Waals surface area contributed by atoms with Crippen LogP contribution >= 0.6 is 11.6 Å². The summed E-state index contributed by atoms with van der Waals surface area (Å²) < 4.78 is 0. The number of nitrogens with zero attached hydrogens (tertiary/aromatic N) is 2. The number of hydrogen-bond donors (Lipinski definition) is 2. The van der Waals surface area contributed by atoms with Gasteiger partial charge in [-0.1, -0.05) is 41.9 Å². The predicted molar refractivity (Wildman–Crippen MR) is 72.2 cm³/mol. The molecule has 0 radical (unpaired) electrons. The Labute approximate surface area is 115 Å². The van der Waals surface area contributed by atoms with Gasteiger partial charge in [-0.15, -0.1) is 0 Å². The first-order chi connectivity index (χ1) is 9.15. The van der Waals surface area contributed by atoms with Gasteiger partial charge in [0.15, 0.2) is 0 Å². The van der Waals surface area contributed by atoms with Crippen molar-refractivity contribution in [1.29, 1.82) is 0 Å². The van der Waals surface area contributed by atoms with Crippen LogP contribution in [0.25, 0.3) is 0 Å². The molecule has 1 atom stereocenters. The molecule has 0 amide bonds. The molecule has 1 aromatic carbocycles. The van der Waals surface area contributed by atoms with Gasteiger partial charge in [-0.3, -0.25) is 0 Å². The Bertz CT molecular complexity index is 563. The minimum Gasteiger partial charge on any atom is -0.480 e. The maximum absolute atomic E-state index is 11.3. The van der Waals surface area contributed by atoms with E-state index >= 15 is 0 Å². The Balaban J connectivity index is 2.11. The lowest BCUT2D eigenvalue weighted by Gasteiger charge is -2.15. The molecule has 0 aliphatic carbocycles. The molecule has 1 aromatic heterocycles. The molecule has 0 saturated carbocycles. The molecule has 98 valence electrons. The predicted octanol–water partition coefficient (Wildman–Crippen LogP) is 2.24. The number of nitrogens with one attached hydrogen (secondary N) is 1. The van der Waals surface area contributed by atoms with Crippen LogP contribution < -0.4 is 5.32 Å². The highest BCUT2D eigenvalue weighted by Crippen LogP contribution is 2.12. The number of rotatable bonds is 5. The summed E-state index contributed by atoms with van der Waals surface area (Å²) in [5, 5.41) is 12.3. The smallest absolute Gasteiger partial charge is 0.326 e. The number of halogens is 1. The molecule has 0 aliphatic rings. The number of hydrogen-bond acceptors (Lipinski definition) is 4. The van der Waals surface area contributed by atoms with E-state index in [4.69, 9.17) is 11.6 Å². The van der Waals surface area contributed by atoms with Crippen molar-refractivity contribution in [1.82, 2.24) is 9.97 Å². The first-order valence-electron chi connectivity index (χ1n) is 5.66. The second-order valence-corrected chi connectivity index (χ2v) is 4.34. The van der Waals surface area contributed by atoms with Gasteiger partial charge in [0.1, 0.15) is 23.3 Å². The van der Waals surface area contributed by atoms with Crippen LogP contribution in [0, 0.1) is 0 Å². The van der Waals surface area contributed by atoms with Gasteiger partial charge in [0.05, 0.1) is 0 Å². The normalized spacial score (nSPS) is 11.8. The second kappa shape index (κ2) is 6.15. The zero-order valence-electron chi connectivity index (χ0n) is 9.95. The highest BCUT2D eigenvalue weighted by atomic mass is 35.5. The van der Waals surface area contributed by atoms with Crippen molar-refractivity contribution in [3.63, 3.8) is 0 Å². The molecule has 2 N–H and O–H groups in total. The van der Waals surface area contributed by atoms with Crippen LogP contribution in [0.15, 0.2) is 42.7 Å². The van der Waals surface area contributed by atoms with Crippen molar-refractivity contribution in [2.75, 3.05) is 5.32 Å². The van der Waals surface area contributed by atoms with E-state index in [0.717, 1.165) is 5.56 Å². The van der Waals surface area contributed by atoms with E-state index in [0.29, 0.717) is 12.2 Å². The van der Waals surface area contributed by atoms with Crippen LogP contribution in [0.3, 0.4) is 0 Å². The summed E-state index contributed by atoms with van der Waals surface area (Å²) in [5.41, 5.74) is 0.933. The van der Waals surface area contributed by atoms with E-state index in [9.17, 15) is 9.90 Å². The minimum atomic E-state index is -0.946. The van der Waals surface area contributed by atoms with E-state index in [1.807, 2.05) is 30.3 Å². The van der Waals surface area contributed by atoms with Crippen molar-refractivity contribution in [2.45, 2.75) is 12.5 Å². The van der Waals surface area contributed by atoms with Gasteiger partial charge in [-0.25, -0.2) is 14.8 Å². The van der Waals surface area contributed by atoms with Gasteiger partial charge in [0.2, 0.25) is 0 Å². The number of benzene rings is 1. The number of carboxylic acids is 1. The Morgan fingerprint density at radius 3 is 2.68 bits per heavy atom. The Morgan fingerprint density at radius 1 is 1.32 bits per heavy atom. The number of carboxylic acid groups (broad SMARTS) is 1. The van der Waals surface area contributed by atoms with E-state index < -0.39 is 12.0 Å². The summed E-state index contributed by atoms with van der Waals surface area (Å²) in [4.78, 5) is 18.9. The minimum absolute atomic E-state index is 0.265. The van der Waals surface area contributed by atoms with Crippen LogP contribution in [-0.4, -0.2) is 27.1 Å². The SMILES string of the molecule is O=C(O)[C@@H](Cc1ccccc1)Nc1cc(Cl)ncn1. The summed E-state index contributed by atoms with van der Waals surface area (Å²) in [5.74, 6) is -0.554. The van der Waals surface area contributed by atoms with Gasteiger partial charge in [-0.05, 0) is 5.56 Å². The van der Waals surface area contributed by atoms with Crippen LogP contribution in [0.5, 0.6) is 0 Å². The fourth-order valence-electron chi connectivity index (χ4n) is 1.64. The van der Waals surface area contributed by atoms with Gasteiger partial charge in [0, 0.05) is 12.5 Å². The van der Waals surface area contributed by atoms with Crippen LogP contribution in [0.4, 0.5) is 5.82 Å². The highest BCUT2D eigenvalue weighted by molar-refractivity contribution is 6.29. The molecule has 2 rings (SSSR count). The third-order valence-corrected chi connectivity index (χ3v) is 2.74. The van der Waals surface area contributed by atoms with Crippen molar-refractivity contribution in [2.24, 2.45) is 0 Å². The maximum Gasteiger partial charge on any atom is 0.326 e. The second-order valence-electron chi connectivity index (χ2n) is 3.95. The molecular weight excluding hydrogens is 266 g/mol. The molecule has 0 spiro atoms. The molecule has 0 saturated heterocycles. The first kappa shape index (κ1) is 13.3. The fourth-order valence-corrected chi connectivity index (χ4v) is 1.79. The first-order valence-corrected chi connectivity index (χ1v) is 6.04. The van der Waals surface area contributed by atoms with Crippen molar-refractivity contribution in [3.8, 4) is 0 Å². The van der Waals surface area contributed by atoms with E-state index in [2.05, 4.69) is 15.3 Å². The molecule has 0 unspecified atom stereocenters. The van der Waals surface area contributed by atoms with Gasteiger partial charge in [0.25, 0.3) is 0 Å². The zero-order chi connectivity index (χ0) is 13.7. The molecule has 5 nitrogen and oxygen atoms in total. The van der Waals surface area contributed by atoms with Crippen molar-refractivity contribution >= 4 is 23.4 Å². The monoisotopic (exact) mass is 277 g/mol. The van der Waals surface area contributed by atoms with Crippen molar-refractivity contribution in [3.05, 3.63) is 53.4 Å². The lowest BCUT2D eigenvalue weighted by Crippen LogP contribution is -2.31. The van der Waals surface area contributed by atoms with E-state index in [1.165, 1.54) is 12.4 Å². The average Bonchev–Trinajstić information content (AvgIpc) is 2.39.